The van der Waals surface area contributed by atoms with Crippen LogP contribution < -0.4 is 0 Å². The number of rotatable bonds is 3. The molecule has 1 unspecified atom stereocenters. The van der Waals surface area contributed by atoms with Gasteiger partial charge in [0.15, 0.2) is 0 Å². The highest BCUT2D eigenvalue weighted by Gasteiger charge is 2.38. The molecule has 3 nitrogen and oxygen atoms in total. The smallest absolute Gasteiger partial charge is 0.232 e. The summed E-state index contributed by atoms with van der Waals surface area (Å²) in [6.45, 7) is 7.22. The molecule has 22 heavy (non-hydrogen) atoms. The van der Waals surface area contributed by atoms with Crippen LogP contribution in [-0.4, -0.2) is 28.4 Å². The second kappa shape index (κ2) is 5.79. The first-order chi connectivity index (χ1) is 10.6. The quantitative estimate of drug-likeness (QED) is 0.904. The summed E-state index contributed by atoms with van der Waals surface area (Å²) in [5, 5.41) is 1.16. The van der Waals surface area contributed by atoms with Crippen LogP contribution in [0.2, 0.25) is 0 Å². The lowest BCUT2D eigenvalue weighted by Crippen LogP contribution is -2.50. The van der Waals surface area contributed by atoms with Gasteiger partial charge in [-0.2, -0.15) is 0 Å². The number of amides is 1. The van der Waals surface area contributed by atoms with E-state index >= 15 is 0 Å². The Labute approximate surface area is 132 Å². The van der Waals surface area contributed by atoms with Crippen molar-refractivity contribution in [2.45, 2.75) is 57.9 Å². The molecule has 1 aromatic carbocycles. The number of nitrogens with one attached hydrogen (secondary N) is 1. The van der Waals surface area contributed by atoms with Gasteiger partial charge in [-0.3, -0.25) is 4.79 Å². The fraction of sp³-hybridized carbons (Fsp3) is 0.526. The van der Waals surface area contributed by atoms with Gasteiger partial charge in [-0.15, -0.1) is 0 Å². The Morgan fingerprint density at radius 3 is 2.86 bits per heavy atom. The van der Waals surface area contributed by atoms with Gasteiger partial charge >= 0.3 is 0 Å². The molecule has 1 aromatic heterocycles. The summed E-state index contributed by atoms with van der Waals surface area (Å²) in [7, 11) is 0. The van der Waals surface area contributed by atoms with Crippen LogP contribution >= 0.6 is 0 Å². The molecular formula is C19H26N2O. The number of fused-ring (bicyclic) bond motifs is 1. The minimum absolute atomic E-state index is 0.267. The highest BCUT2D eigenvalue weighted by molar-refractivity contribution is 5.94. The second-order valence-corrected chi connectivity index (χ2v) is 6.93. The zero-order valence-electron chi connectivity index (χ0n) is 13.9. The lowest BCUT2D eigenvalue weighted by Gasteiger charge is -2.40. The molecular weight excluding hydrogens is 272 g/mol. The standard InChI is InChI=1S/C19H26N2O/c1-4-14-9-7-8-12-21(14)18(22)19(2,3)16-13-20-17-11-6-5-10-15(16)17/h5-6,10-11,13-14,20H,4,7-9,12H2,1-3H3. The first-order valence-electron chi connectivity index (χ1n) is 8.43. The second-order valence-electron chi connectivity index (χ2n) is 6.93. The number of carbonyl (C=O) groups is 1. The molecule has 0 radical (unpaired) electrons. The van der Waals surface area contributed by atoms with Gasteiger partial charge < -0.3 is 9.88 Å². The summed E-state index contributed by atoms with van der Waals surface area (Å²) in [5.74, 6) is 0.267. The molecule has 1 atom stereocenters. The van der Waals surface area contributed by atoms with E-state index in [4.69, 9.17) is 0 Å². The van der Waals surface area contributed by atoms with Gasteiger partial charge in [-0.05, 0) is 51.2 Å². The molecule has 1 N–H and O–H groups in total. The van der Waals surface area contributed by atoms with Gasteiger partial charge in [0.05, 0.1) is 5.41 Å². The molecule has 1 aliphatic heterocycles. The van der Waals surface area contributed by atoms with Crippen molar-refractivity contribution in [3.8, 4) is 0 Å². The van der Waals surface area contributed by atoms with Crippen LogP contribution in [0.3, 0.4) is 0 Å². The Bertz CT molecular complexity index is 671. The number of hydrogen-bond acceptors (Lipinski definition) is 1. The largest absolute Gasteiger partial charge is 0.361 e. The molecule has 2 heterocycles. The fourth-order valence-electron chi connectivity index (χ4n) is 3.76. The molecule has 0 spiro atoms. The van der Waals surface area contributed by atoms with E-state index in [1.54, 1.807) is 0 Å². The Hall–Kier alpha value is -1.77. The molecule has 0 saturated carbocycles. The number of likely N-dealkylation sites (tertiary alicyclic amines) is 1. The number of H-pyrrole nitrogens is 1. The average Bonchev–Trinajstić information content (AvgIpc) is 2.98. The zero-order valence-corrected chi connectivity index (χ0v) is 13.9. The van der Waals surface area contributed by atoms with Gasteiger partial charge in [0.2, 0.25) is 5.91 Å². The van der Waals surface area contributed by atoms with E-state index < -0.39 is 5.41 Å². The van der Waals surface area contributed by atoms with Crippen molar-refractivity contribution in [3.05, 3.63) is 36.0 Å². The average molecular weight is 298 g/mol. The molecule has 0 bridgehead atoms. The minimum atomic E-state index is -0.496. The third kappa shape index (κ3) is 2.43. The number of hydrogen-bond donors (Lipinski definition) is 1. The van der Waals surface area contributed by atoms with Gasteiger partial charge in [0.1, 0.15) is 0 Å². The Morgan fingerprint density at radius 1 is 1.32 bits per heavy atom. The molecule has 1 amide bonds. The van der Waals surface area contributed by atoms with Crippen LogP contribution in [0.4, 0.5) is 0 Å². The number of carbonyl (C=O) groups excluding carboxylic acids is 1. The molecule has 1 fully saturated rings. The number of nitrogens with zero attached hydrogens (tertiary/aromatic N) is 1. The number of piperidine rings is 1. The van der Waals surface area contributed by atoms with Crippen molar-refractivity contribution in [1.29, 1.82) is 0 Å². The first kappa shape index (κ1) is 15.1. The van der Waals surface area contributed by atoms with Crippen molar-refractivity contribution in [1.82, 2.24) is 9.88 Å². The topological polar surface area (TPSA) is 36.1 Å². The van der Waals surface area contributed by atoms with Crippen LogP contribution in [0.5, 0.6) is 0 Å². The van der Waals surface area contributed by atoms with Crippen molar-refractivity contribution in [2.75, 3.05) is 6.54 Å². The number of para-hydroxylation sites is 1. The lowest BCUT2D eigenvalue weighted by atomic mass is 9.81. The van der Waals surface area contributed by atoms with Gasteiger partial charge in [0, 0.05) is 29.7 Å². The normalized spacial score (nSPS) is 19.6. The maximum Gasteiger partial charge on any atom is 0.232 e. The summed E-state index contributed by atoms with van der Waals surface area (Å²) in [5.41, 5.74) is 1.71. The molecule has 3 rings (SSSR count). The Balaban J connectivity index is 1.96. The van der Waals surface area contributed by atoms with Crippen molar-refractivity contribution < 1.29 is 4.79 Å². The number of aromatic nitrogens is 1. The molecule has 1 saturated heterocycles. The van der Waals surface area contributed by atoms with Crippen LogP contribution in [0.15, 0.2) is 30.5 Å². The minimum Gasteiger partial charge on any atom is -0.361 e. The summed E-state index contributed by atoms with van der Waals surface area (Å²) < 4.78 is 0. The summed E-state index contributed by atoms with van der Waals surface area (Å²) in [6.07, 6.45) is 6.58. The highest BCUT2D eigenvalue weighted by Crippen LogP contribution is 2.34. The molecule has 2 aromatic rings. The molecule has 1 aliphatic rings. The van der Waals surface area contributed by atoms with E-state index in [9.17, 15) is 4.79 Å². The zero-order chi connectivity index (χ0) is 15.7. The van der Waals surface area contributed by atoms with E-state index in [1.807, 2.05) is 18.3 Å². The van der Waals surface area contributed by atoms with E-state index in [0.29, 0.717) is 6.04 Å². The van der Waals surface area contributed by atoms with Crippen LogP contribution in [0, 0.1) is 0 Å². The molecule has 118 valence electrons. The highest BCUT2D eigenvalue weighted by atomic mass is 16.2. The van der Waals surface area contributed by atoms with E-state index in [1.165, 1.54) is 6.42 Å². The van der Waals surface area contributed by atoms with Crippen LogP contribution in [0.25, 0.3) is 10.9 Å². The number of benzene rings is 1. The third-order valence-corrected chi connectivity index (χ3v) is 5.16. The number of aromatic amines is 1. The van der Waals surface area contributed by atoms with E-state index in [0.717, 1.165) is 42.3 Å². The van der Waals surface area contributed by atoms with Gasteiger partial charge in [-0.1, -0.05) is 25.1 Å². The van der Waals surface area contributed by atoms with Crippen molar-refractivity contribution >= 4 is 16.8 Å². The van der Waals surface area contributed by atoms with Crippen LogP contribution in [0.1, 0.15) is 52.0 Å². The first-order valence-corrected chi connectivity index (χ1v) is 8.43. The van der Waals surface area contributed by atoms with Crippen molar-refractivity contribution in [2.24, 2.45) is 0 Å². The summed E-state index contributed by atoms with van der Waals surface area (Å²) in [4.78, 5) is 18.7. The predicted molar refractivity (Wildman–Crippen MR) is 91.0 cm³/mol. The third-order valence-electron chi connectivity index (χ3n) is 5.16. The maximum absolute atomic E-state index is 13.2. The predicted octanol–water partition coefficient (Wildman–Crippen LogP) is 4.24. The fourth-order valence-corrected chi connectivity index (χ4v) is 3.76. The summed E-state index contributed by atoms with van der Waals surface area (Å²) in [6, 6.07) is 8.63. The summed E-state index contributed by atoms with van der Waals surface area (Å²) >= 11 is 0. The van der Waals surface area contributed by atoms with Gasteiger partial charge in [0.25, 0.3) is 0 Å². The van der Waals surface area contributed by atoms with Crippen molar-refractivity contribution in [3.63, 3.8) is 0 Å². The molecule has 3 heteroatoms. The monoisotopic (exact) mass is 298 g/mol. The van der Waals surface area contributed by atoms with E-state index in [2.05, 4.69) is 42.8 Å². The van der Waals surface area contributed by atoms with Crippen LogP contribution in [-0.2, 0) is 10.2 Å². The lowest BCUT2D eigenvalue weighted by molar-refractivity contribution is -0.140. The Kier molecular flexibility index (Phi) is 3.98. The maximum atomic E-state index is 13.2. The van der Waals surface area contributed by atoms with Gasteiger partial charge in [-0.25, -0.2) is 0 Å². The molecule has 0 aliphatic carbocycles. The SMILES string of the molecule is CCC1CCCCN1C(=O)C(C)(C)c1c[nH]c2ccccc12. The van der Waals surface area contributed by atoms with E-state index in [-0.39, 0.29) is 5.91 Å². The Morgan fingerprint density at radius 2 is 2.09 bits per heavy atom.